The molecule has 1 aliphatic rings. The molecule has 0 N–H and O–H groups in total. The summed E-state index contributed by atoms with van der Waals surface area (Å²) < 4.78 is 11.5. The molecule has 34 heavy (non-hydrogen) atoms. The first kappa shape index (κ1) is 23.4. The Kier molecular flexibility index (Phi) is 7.20. The summed E-state index contributed by atoms with van der Waals surface area (Å²) in [6.07, 6.45) is 6.65. The minimum atomic E-state index is -0.444. The number of likely N-dealkylation sites (tertiary alicyclic amines) is 1. The van der Waals surface area contributed by atoms with Crippen LogP contribution in [-0.4, -0.2) is 62.1 Å². The molecule has 2 atom stereocenters. The lowest BCUT2D eigenvalue weighted by Gasteiger charge is -2.38. The van der Waals surface area contributed by atoms with E-state index in [1.54, 1.807) is 37.6 Å². The third kappa shape index (κ3) is 4.78. The van der Waals surface area contributed by atoms with Gasteiger partial charge in [0.1, 0.15) is 11.7 Å². The van der Waals surface area contributed by atoms with E-state index in [1.165, 1.54) is 4.80 Å². The fraction of sp³-hybridized carbons (Fsp3) is 0.400. The van der Waals surface area contributed by atoms with Crippen molar-refractivity contribution in [2.75, 3.05) is 13.2 Å². The number of benzene rings is 1. The van der Waals surface area contributed by atoms with Gasteiger partial charge in [0.25, 0.3) is 5.91 Å². The Balaban J connectivity index is 1.58. The van der Waals surface area contributed by atoms with Crippen LogP contribution in [0, 0.1) is 0 Å². The number of nitrogens with zero attached hydrogens (tertiary/aromatic N) is 5. The SMILES string of the molecule is CCOC(=O)c1c(CC)ccnc1OC1CCC(C)N(C(=O)c2ccccc2-n2nccn2)C1. The number of ether oxygens (including phenoxy) is 2. The van der Waals surface area contributed by atoms with E-state index in [-0.39, 0.29) is 30.5 Å². The Bertz CT molecular complexity index is 1150. The Morgan fingerprint density at radius 1 is 1.06 bits per heavy atom. The molecule has 1 aromatic carbocycles. The molecule has 9 heteroatoms. The zero-order valence-corrected chi connectivity index (χ0v) is 19.7. The van der Waals surface area contributed by atoms with Crippen LogP contribution >= 0.6 is 0 Å². The van der Waals surface area contributed by atoms with Gasteiger partial charge in [-0.3, -0.25) is 4.79 Å². The highest BCUT2D eigenvalue weighted by atomic mass is 16.5. The highest BCUT2D eigenvalue weighted by molar-refractivity contribution is 5.98. The van der Waals surface area contributed by atoms with Crippen molar-refractivity contribution >= 4 is 11.9 Å². The molecule has 0 spiro atoms. The maximum absolute atomic E-state index is 13.6. The highest BCUT2D eigenvalue weighted by Crippen LogP contribution is 2.28. The van der Waals surface area contributed by atoms with Crippen LogP contribution in [0.5, 0.6) is 5.88 Å². The summed E-state index contributed by atoms with van der Waals surface area (Å²) in [5.41, 5.74) is 2.32. The van der Waals surface area contributed by atoms with Gasteiger partial charge in [-0.05, 0) is 56.9 Å². The largest absolute Gasteiger partial charge is 0.472 e. The van der Waals surface area contributed by atoms with E-state index in [4.69, 9.17) is 9.47 Å². The smallest absolute Gasteiger partial charge is 0.343 e. The van der Waals surface area contributed by atoms with E-state index >= 15 is 0 Å². The van der Waals surface area contributed by atoms with E-state index in [9.17, 15) is 9.59 Å². The van der Waals surface area contributed by atoms with Crippen molar-refractivity contribution in [1.29, 1.82) is 0 Å². The number of esters is 1. The molecule has 178 valence electrons. The topological polar surface area (TPSA) is 99.4 Å². The van der Waals surface area contributed by atoms with E-state index in [2.05, 4.69) is 15.2 Å². The van der Waals surface area contributed by atoms with Gasteiger partial charge < -0.3 is 14.4 Å². The zero-order valence-electron chi connectivity index (χ0n) is 19.7. The molecule has 0 aliphatic carbocycles. The molecule has 3 aromatic rings. The molecular weight excluding hydrogens is 434 g/mol. The number of carbonyl (C=O) groups is 2. The summed E-state index contributed by atoms with van der Waals surface area (Å²) in [5, 5.41) is 8.36. The van der Waals surface area contributed by atoms with Gasteiger partial charge >= 0.3 is 5.97 Å². The van der Waals surface area contributed by atoms with Gasteiger partial charge in [-0.1, -0.05) is 19.1 Å². The summed E-state index contributed by atoms with van der Waals surface area (Å²) in [7, 11) is 0. The molecule has 1 aliphatic heterocycles. The first-order valence-corrected chi connectivity index (χ1v) is 11.6. The maximum atomic E-state index is 13.6. The van der Waals surface area contributed by atoms with E-state index in [1.807, 2.05) is 36.9 Å². The van der Waals surface area contributed by atoms with Crippen molar-refractivity contribution < 1.29 is 19.1 Å². The number of para-hydroxylation sites is 1. The number of pyridine rings is 1. The lowest BCUT2D eigenvalue weighted by atomic mass is 9.99. The van der Waals surface area contributed by atoms with Gasteiger partial charge in [0.15, 0.2) is 0 Å². The van der Waals surface area contributed by atoms with Crippen molar-refractivity contribution in [2.24, 2.45) is 0 Å². The third-order valence-electron chi connectivity index (χ3n) is 6.01. The standard InChI is InChI=1S/C25H29N5O4/c1-4-18-12-13-26-23(22(18)25(32)33-5-2)34-19-11-10-17(3)29(16-19)24(31)20-8-6-7-9-21(20)30-27-14-15-28-30/h6-9,12-15,17,19H,4-5,10-11,16H2,1-3H3. The molecule has 4 rings (SSSR count). The van der Waals surface area contributed by atoms with Crippen LogP contribution in [0.15, 0.2) is 48.9 Å². The van der Waals surface area contributed by atoms with Crippen LogP contribution in [0.2, 0.25) is 0 Å². The number of hydrogen-bond acceptors (Lipinski definition) is 7. The highest BCUT2D eigenvalue weighted by Gasteiger charge is 2.33. The minimum absolute atomic E-state index is 0.0328. The average Bonchev–Trinajstić information content (AvgIpc) is 3.39. The number of rotatable bonds is 7. The number of piperidine rings is 1. The van der Waals surface area contributed by atoms with Crippen molar-refractivity contribution in [1.82, 2.24) is 24.9 Å². The predicted molar refractivity (Wildman–Crippen MR) is 125 cm³/mol. The third-order valence-corrected chi connectivity index (χ3v) is 6.01. The molecule has 0 saturated carbocycles. The maximum Gasteiger partial charge on any atom is 0.343 e. The van der Waals surface area contributed by atoms with Crippen molar-refractivity contribution in [2.45, 2.75) is 52.2 Å². The van der Waals surface area contributed by atoms with Gasteiger partial charge in [0.05, 0.1) is 36.8 Å². The number of aromatic nitrogens is 4. The molecule has 0 bridgehead atoms. The van der Waals surface area contributed by atoms with E-state index in [0.29, 0.717) is 29.8 Å². The number of aryl methyl sites for hydroxylation is 1. The van der Waals surface area contributed by atoms with Crippen LogP contribution < -0.4 is 4.74 Å². The van der Waals surface area contributed by atoms with Crippen LogP contribution in [0.25, 0.3) is 5.69 Å². The van der Waals surface area contributed by atoms with Crippen molar-refractivity contribution in [3.63, 3.8) is 0 Å². The summed E-state index contributed by atoms with van der Waals surface area (Å²) in [5.74, 6) is -0.305. The summed E-state index contributed by atoms with van der Waals surface area (Å²) in [4.78, 5) is 33.8. The fourth-order valence-corrected chi connectivity index (χ4v) is 4.22. The fourth-order valence-electron chi connectivity index (χ4n) is 4.22. The molecule has 0 radical (unpaired) electrons. The van der Waals surface area contributed by atoms with E-state index in [0.717, 1.165) is 18.4 Å². The van der Waals surface area contributed by atoms with Crippen LogP contribution in [0.4, 0.5) is 0 Å². The zero-order chi connectivity index (χ0) is 24.1. The van der Waals surface area contributed by atoms with Gasteiger partial charge in [0, 0.05) is 12.2 Å². The lowest BCUT2D eigenvalue weighted by molar-refractivity contribution is 0.0352. The monoisotopic (exact) mass is 463 g/mol. The quantitative estimate of drug-likeness (QED) is 0.495. The minimum Gasteiger partial charge on any atom is -0.472 e. The Morgan fingerprint density at radius 2 is 1.82 bits per heavy atom. The van der Waals surface area contributed by atoms with Crippen molar-refractivity contribution in [3.8, 4) is 11.6 Å². The second-order valence-corrected chi connectivity index (χ2v) is 8.18. The second-order valence-electron chi connectivity index (χ2n) is 8.18. The lowest BCUT2D eigenvalue weighted by Crippen LogP contribution is -2.49. The van der Waals surface area contributed by atoms with Gasteiger partial charge in [-0.2, -0.15) is 15.0 Å². The first-order valence-electron chi connectivity index (χ1n) is 11.6. The number of hydrogen-bond donors (Lipinski definition) is 0. The first-order chi connectivity index (χ1) is 16.5. The predicted octanol–water partition coefficient (Wildman–Crippen LogP) is 3.47. The average molecular weight is 464 g/mol. The molecule has 1 amide bonds. The number of carbonyl (C=O) groups excluding carboxylic acids is 2. The Hall–Kier alpha value is -3.75. The van der Waals surface area contributed by atoms with Gasteiger partial charge in [-0.25, -0.2) is 9.78 Å². The molecule has 2 aromatic heterocycles. The summed E-state index contributed by atoms with van der Waals surface area (Å²) in [6.45, 7) is 6.41. The van der Waals surface area contributed by atoms with Crippen LogP contribution in [0.3, 0.4) is 0 Å². The van der Waals surface area contributed by atoms with Gasteiger partial charge in [0.2, 0.25) is 5.88 Å². The molecule has 2 unspecified atom stereocenters. The van der Waals surface area contributed by atoms with Crippen LogP contribution in [0.1, 0.15) is 59.9 Å². The molecule has 1 fully saturated rings. The molecule has 1 saturated heterocycles. The molecule has 3 heterocycles. The van der Waals surface area contributed by atoms with Crippen LogP contribution in [-0.2, 0) is 11.2 Å². The molecule has 9 nitrogen and oxygen atoms in total. The summed E-state index contributed by atoms with van der Waals surface area (Å²) >= 11 is 0. The normalized spacial score (nSPS) is 17.9. The number of amides is 1. The second kappa shape index (κ2) is 10.5. The Morgan fingerprint density at radius 3 is 2.56 bits per heavy atom. The Labute approximate surface area is 198 Å². The molecular formula is C25H29N5O4. The van der Waals surface area contributed by atoms with Gasteiger partial charge in [-0.15, -0.1) is 0 Å². The summed E-state index contributed by atoms with van der Waals surface area (Å²) in [6, 6.07) is 9.12. The van der Waals surface area contributed by atoms with Crippen molar-refractivity contribution in [3.05, 3.63) is 65.6 Å². The van der Waals surface area contributed by atoms with E-state index < -0.39 is 5.97 Å².